The number of thiazole rings is 1. The fraction of sp³-hybridized carbons (Fsp3) is 0.308. The Balaban J connectivity index is 1.72. The van der Waals surface area contributed by atoms with Crippen LogP contribution in [-0.4, -0.2) is 32.8 Å². The number of para-hydroxylation sites is 1. The van der Waals surface area contributed by atoms with E-state index in [1.54, 1.807) is 7.05 Å². The number of fused-ring (bicyclic) bond motifs is 3. The molecule has 174 valence electrons. The maximum Gasteiger partial charge on any atom is 0.320 e. The van der Waals surface area contributed by atoms with Crippen molar-refractivity contribution in [1.82, 2.24) is 25.1 Å². The Morgan fingerprint density at radius 1 is 1.24 bits per heavy atom. The monoisotopic (exact) mass is 472 g/mol. The summed E-state index contributed by atoms with van der Waals surface area (Å²) in [7, 11) is 1.60. The summed E-state index contributed by atoms with van der Waals surface area (Å²) in [6.07, 6.45) is 4.78. The van der Waals surface area contributed by atoms with E-state index in [4.69, 9.17) is 15.1 Å². The second-order valence-electron chi connectivity index (χ2n) is 8.70. The summed E-state index contributed by atoms with van der Waals surface area (Å²) < 4.78 is 2.05. The molecule has 3 heterocycles. The molecule has 8 heteroatoms. The van der Waals surface area contributed by atoms with Crippen LogP contribution in [0.2, 0.25) is 0 Å². The number of nitrogens with one attached hydrogen (secondary N) is 2. The molecule has 1 unspecified atom stereocenters. The van der Waals surface area contributed by atoms with Crippen LogP contribution in [0.4, 0.5) is 9.93 Å². The van der Waals surface area contributed by atoms with Gasteiger partial charge < -0.3 is 5.32 Å². The number of nitrogens with zero attached hydrogens (tertiary/aromatic N) is 4. The van der Waals surface area contributed by atoms with Crippen molar-refractivity contribution in [3.8, 4) is 27.5 Å². The highest BCUT2D eigenvalue weighted by atomic mass is 32.1. The van der Waals surface area contributed by atoms with Gasteiger partial charge in [-0.15, -0.1) is 0 Å². The summed E-state index contributed by atoms with van der Waals surface area (Å²) in [6.45, 7) is 6.49. The van der Waals surface area contributed by atoms with Gasteiger partial charge >= 0.3 is 6.03 Å². The third-order valence-electron chi connectivity index (χ3n) is 6.22. The van der Waals surface area contributed by atoms with Crippen LogP contribution in [0, 0.1) is 6.92 Å². The van der Waals surface area contributed by atoms with Gasteiger partial charge in [0.2, 0.25) is 0 Å². The van der Waals surface area contributed by atoms with Crippen LogP contribution in [0.25, 0.3) is 27.5 Å². The molecule has 0 fully saturated rings. The number of anilines is 1. The lowest BCUT2D eigenvalue weighted by Crippen LogP contribution is -2.24. The number of hydrogen-bond acceptors (Lipinski definition) is 5. The number of aryl methyl sites for hydroxylation is 2. The van der Waals surface area contributed by atoms with E-state index >= 15 is 0 Å². The normalized spacial score (nSPS) is 14.4. The van der Waals surface area contributed by atoms with Gasteiger partial charge in [0, 0.05) is 30.1 Å². The van der Waals surface area contributed by atoms with E-state index in [1.807, 2.05) is 18.3 Å². The summed E-state index contributed by atoms with van der Waals surface area (Å²) >= 11 is 1.50. The van der Waals surface area contributed by atoms with E-state index in [9.17, 15) is 4.79 Å². The van der Waals surface area contributed by atoms with Crippen molar-refractivity contribution in [3.63, 3.8) is 0 Å². The number of benzene rings is 1. The van der Waals surface area contributed by atoms with Crippen molar-refractivity contribution >= 4 is 22.5 Å². The second kappa shape index (κ2) is 9.02. The van der Waals surface area contributed by atoms with Crippen LogP contribution in [0.3, 0.4) is 0 Å². The molecule has 5 rings (SSSR count). The smallest absolute Gasteiger partial charge is 0.320 e. The lowest BCUT2D eigenvalue weighted by atomic mass is 9.86. The van der Waals surface area contributed by atoms with E-state index in [1.165, 1.54) is 16.9 Å². The maximum absolute atomic E-state index is 11.9. The number of pyridine rings is 1. The highest BCUT2D eigenvalue weighted by Crippen LogP contribution is 2.48. The van der Waals surface area contributed by atoms with Crippen LogP contribution in [-0.2, 0) is 12.8 Å². The Morgan fingerprint density at radius 2 is 2.06 bits per heavy atom. The number of carbonyl (C=O) groups excluding carboxylic acids is 1. The average Bonchev–Trinajstić information content (AvgIpc) is 3.42. The van der Waals surface area contributed by atoms with Crippen molar-refractivity contribution in [1.29, 1.82) is 0 Å². The number of aromatic nitrogens is 4. The molecule has 0 spiro atoms. The van der Waals surface area contributed by atoms with Gasteiger partial charge in [0.05, 0.1) is 27.6 Å². The largest absolute Gasteiger partial charge is 0.341 e. The van der Waals surface area contributed by atoms with Gasteiger partial charge in [-0.05, 0) is 49.4 Å². The van der Waals surface area contributed by atoms with Gasteiger partial charge in [-0.2, -0.15) is 5.10 Å². The predicted molar refractivity (Wildman–Crippen MR) is 137 cm³/mol. The number of urea groups is 1. The Morgan fingerprint density at radius 3 is 2.76 bits per heavy atom. The van der Waals surface area contributed by atoms with Gasteiger partial charge in [0.15, 0.2) is 5.13 Å². The summed E-state index contributed by atoms with van der Waals surface area (Å²) in [5.41, 5.74) is 8.51. The SMILES string of the molecule is CCCc1ccc(-c2nn(-c3ccccc3C)c3c2C(C)Cc2nc(NC(=O)NC)sc2-3)cn1. The average molecular weight is 473 g/mol. The van der Waals surface area contributed by atoms with Crippen molar-refractivity contribution in [2.75, 3.05) is 12.4 Å². The first-order chi connectivity index (χ1) is 16.5. The minimum Gasteiger partial charge on any atom is -0.341 e. The first-order valence-corrected chi connectivity index (χ1v) is 12.4. The maximum atomic E-state index is 11.9. The molecule has 3 aromatic heterocycles. The molecular formula is C26H28N6OS. The lowest BCUT2D eigenvalue weighted by molar-refractivity contribution is 0.254. The minimum atomic E-state index is -0.272. The third-order valence-corrected chi connectivity index (χ3v) is 7.24. The molecule has 2 amide bonds. The summed E-state index contributed by atoms with van der Waals surface area (Å²) in [6, 6.07) is 12.2. The van der Waals surface area contributed by atoms with Crippen LogP contribution >= 0.6 is 11.3 Å². The van der Waals surface area contributed by atoms with Crippen LogP contribution in [0.15, 0.2) is 42.6 Å². The van der Waals surface area contributed by atoms with E-state index in [0.717, 1.165) is 63.7 Å². The zero-order valence-electron chi connectivity index (χ0n) is 19.8. The molecule has 2 N–H and O–H groups in total. The number of hydrogen-bond donors (Lipinski definition) is 2. The Labute approximate surface area is 203 Å². The Hall–Kier alpha value is -3.52. The zero-order valence-corrected chi connectivity index (χ0v) is 20.7. The highest BCUT2D eigenvalue weighted by molar-refractivity contribution is 7.19. The summed E-state index contributed by atoms with van der Waals surface area (Å²) in [4.78, 5) is 22.4. The topological polar surface area (TPSA) is 84.7 Å². The molecule has 1 aromatic carbocycles. The lowest BCUT2D eigenvalue weighted by Gasteiger charge is -2.20. The van der Waals surface area contributed by atoms with Crippen LogP contribution < -0.4 is 10.6 Å². The van der Waals surface area contributed by atoms with Crippen molar-refractivity contribution in [2.45, 2.75) is 46.0 Å². The van der Waals surface area contributed by atoms with Gasteiger partial charge in [0.1, 0.15) is 0 Å². The molecule has 0 saturated carbocycles. The molecule has 0 radical (unpaired) electrons. The third kappa shape index (κ3) is 3.88. The quantitative estimate of drug-likeness (QED) is 0.388. The van der Waals surface area contributed by atoms with Gasteiger partial charge in [-0.1, -0.05) is 49.8 Å². The van der Waals surface area contributed by atoms with Gasteiger partial charge in [-0.25, -0.2) is 14.5 Å². The summed E-state index contributed by atoms with van der Waals surface area (Å²) in [5.74, 6) is 0.223. The molecule has 0 saturated heterocycles. The van der Waals surface area contributed by atoms with Crippen molar-refractivity contribution < 1.29 is 4.79 Å². The van der Waals surface area contributed by atoms with Gasteiger partial charge in [-0.3, -0.25) is 10.3 Å². The van der Waals surface area contributed by atoms with E-state index in [2.05, 4.69) is 60.4 Å². The van der Waals surface area contributed by atoms with Crippen molar-refractivity contribution in [3.05, 3.63) is 65.1 Å². The number of rotatable bonds is 5. The molecule has 0 bridgehead atoms. The second-order valence-corrected chi connectivity index (χ2v) is 9.70. The van der Waals surface area contributed by atoms with E-state index in [0.29, 0.717) is 5.13 Å². The molecule has 1 atom stereocenters. The minimum absolute atomic E-state index is 0.223. The van der Waals surface area contributed by atoms with Crippen molar-refractivity contribution in [2.24, 2.45) is 0 Å². The first-order valence-electron chi connectivity index (χ1n) is 11.6. The first kappa shape index (κ1) is 22.3. The highest BCUT2D eigenvalue weighted by Gasteiger charge is 2.34. The summed E-state index contributed by atoms with van der Waals surface area (Å²) in [5, 5.41) is 11.2. The van der Waals surface area contributed by atoms with E-state index < -0.39 is 0 Å². The molecule has 1 aliphatic carbocycles. The van der Waals surface area contributed by atoms with Crippen LogP contribution in [0.1, 0.15) is 48.7 Å². The standard InChI is InChI=1S/C26H28N6OS/c1-5-8-18-12-11-17(14-28-18)22-21-16(3)13-19-24(34-26(29-19)30-25(33)27-4)23(21)32(31-22)20-10-7-6-9-15(20)2/h6-7,9-12,14,16H,5,8,13H2,1-4H3,(H2,27,29,30,33). The molecule has 7 nitrogen and oxygen atoms in total. The molecule has 34 heavy (non-hydrogen) atoms. The zero-order chi connectivity index (χ0) is 23.8. The Bertz CT molecular complexity index is 1350. The molecule has 4 aromatic rings. The fourth-order valence-electron chi connectivity index (χ4n) is 4.55. The Kier molecular flexibility index (Phi) is 5.91. The van der Waals surface area contributed by atoms with E-state index in [-0.39, 0.29) is 11.9 Å². The molecule has 1 aliphatic rings. The number of carbonyl (C=O) groups is 1. The fourth-order valence-corrected chi connectivity index (χ4v) is 5.59. The van der Waals surface area contributed by atoms with Gasteiger partial charge in [0.25, 0.3) is 0 Å². The van der Waals surface area contributed by atoms with Crippen LogP contribution in [0.5, 0.6) is 0 Å². The molecule has 0 aliphatic heterocycles. The number of amides is 2. The molecular weight excluding hydrogens is 444 g/mol. The predicted octanol–water partition coefficient (Wildman–Crippen LogP) is 5.73.